The van der Waals surface area contributed by atoms with Crippen molar-refractivity contribution in [1.82, 2.24) is 10.6 Å². The van der Waals surface area contributed by atoms with Crippen LogP contribution in [0.15, 0.2) is 0 Å². The van der Waals surface area contributed by atoms with Gasteiger partial charge in [0, 0.05) is 17.6 Å². The molecular formula is C12H28N2O3. The van der Waals surface area contributed by atoms with Crippen LogP contribution in [0.1, 0.15) is 41.5 Å². The fourth-order valence-electron chi connectivity index (χ4n) is 0.772. The van der Waals surface area contributed by atoms with Crippen LogP contribution >= 0.6 is 0 Å². The van der Waals surface area contributed by atoms with Gasteiger partial charge in [-0.05, 0) is 41.5 Å². The first-order chi connectivity index (χ1) is 7.48. The van der Waals surface area contributed by atoms with Gasteiger partial charge < -0.3 is 20.8 Å². The smallest absolute Gasteiger partial charge is 0.317 e. The fraction of sp³-hybridized carbons (Fsp3) is 0.917. The Morgan fingerprint density at radius 3 is 1.53 bits per heavy atom. The Labute approximate surface area is 105 Å². The van der Waals surface area contributed by atoms with Gasteiger partial charge in [0.15, 0.2) is 0 Å². The predicted octanol–water partition coefficient (Wildman–Crippen LogP) is 0.826. The Balaban J connectivity index is 0. The van der Waals surface area contributed by atoms with E-state index in [4.69, 9.17) is 10.2 Å². The number of carboxylic acid groups (broad SMARTS) is 1. The van der Waals surface area contributed by atoms with Gasteiger partial charge in [0.25, 0.3) is 0 Å². The van der Waals surface area contributed by atoms with Gasteiger partial charge in [0.1, 0.15) is 0 Å². The molecule has 0 aliphatic rings. The fourth-order valence-corrected chi connectivity index (χ4v) is 0.772. The molecule has 17 heavy (non-hydrogen) atoms. The van der Waals surface area contributed by atoms with E-state index in [1.54, 1.807) is 0 Å². The zero-order chi connectivity index (χ0) is 14.1. The Morgan fingerprint density at radius 1 is 1.00 bits per heavy atom. The van der Waals surface area contributed by atoms with Crippen LogP contribution in [0.2, 0.25) is 0 Å². The zero-order valence-corrected chi connectivity index (χ0v) is 11.9. The maximum absolute atomic E-state index is 9.98. The van der Waals surface area contributed by atoms with E-state index in [2.05, 4.69) is 31.4 Å². The first kappa shape index (κ1) is 18.7. The van der Waals surface area contributed by atoms with E-state index in [-0.39, 0.29) is 24.2 Å². The summed E-state index contributed by atoms with van der Waals surface area (Å²) in [6.07, 6.45) is 0. The van der Waals surface area contributed by atoms with Gasteiger partial charge in [-0.25, -0.2) is 0 Å². The van der Waals surface area contributed by atoms with Gasteiger partial charge in [-0.15, -0.1) is 0 Å². The van der Waals surface area contributed by atoms with Gasteiger partial charge >= 0.3 is 5.97 Å². The van der Waals surface area contributed by atoms with Crippen LogP contribution in [0.3, 0.4) is 0 Å². The first-order valence-corrected chi connectivity index (χ1v) is 5.80. The van der Waals surface area contributed by atoms with Crippen molar-refractivity contribution in [3.8, 4) is 0 Å². The molecule has 0 aromatic heterocycles. The molecule has 0 rings (SSSR count). The summed E-state index contributed by atoms with van der Waals surface area (Å²) < 4.78 is 0. The summed E-state index contributed by atoms with van der Waals surface area (Å²) in [4.78, 5) is 9.98. The highest BCUT2D eigenvalue weighted by Gasteiger charge is 2.09. The Hall–Kier alpha value is -0.650. The van der Waals surface area contributed by atoms with Gasteiger partial charge in [0.2, 0.25) is 0 Å². The van der Waals surface area contributed by atoms with Crippen LogP contribution in [-0.2, 0) is 4.79 Å². The summed E-state index contributed by atoms with van der Waals surface area (Å²) in [5.41, 5.74) is 0.0428. The molecule has 0 unspecified atom stereocenters. The number of carbonyl (C=O) groups is 1. The molecule has 104 valence electrons. The third-order valence-corrected chi connectivity index (χ3v) is 1.54. The van der Waals surface area contributed by atoms with Crippen molar-refractivity contribution in [3.63, 3.8) is 0 Å². The maximum Gasteiger partial charge on any atom is 0.317 e. The van der Waals surface area contributed by atoms with Crippen LogP contribution in [0, 0.1) is 0 Å². The first-order valence-electron chi connectivity index (χ1n) is 5.80. The van der Waals surface area contributed by atoms with Gasteiger partial charge in [-0.1, -0.05) is 0 Å². The van der Waals surface area contributed by atoms with Crippen molar-refractivity contribution < 1.29 is 15.0 Å². The molecule has 0 fully saturated rings. The SMILES string of the molecule is CC(C)(C)NCC(=O)O.CC(C)(C)NCCO. The van der Waals surface area contributed by atoms with Crippen molar-refractivity contribution in [2.45, 2.75) is 52.6 Å². The number of rotatable bonds is 4. The molecule has 4 N–H and O–H groups in total. The number of β-amino-alcohol motifs (C(OH)–C–C–N with tert-alkyl or cyclic N) is 1. The normalized spacial score (nSPS) is 11.7. The third-order valence-electron chi connectivity index (χ3n) is 1.54. The van der Waals surface area contributed by atoms with Crippen LogP contribution < -0.4 is 10.6 Å². The molecule has 5 nitrogen and oxygen atoms in total. The number of nitrogens with one attached hydrogen (secondary N) is 2. The minimum absolute atomic E-state index is 0.0312. The molecule has 0 atom stereocenters. The van der Waals surface area contributed by atoms with Gasteiger partial charge in [0.05, 0.1) is 13.2 Å². The standard InChI is InChI=1S/C6H13NO2.C6H15NO/c1-6(2,3)7-4-5(8)9;1-6(2,3)7-4-5-8/h7H,4H2,1-3H3,(H,8,9);7-8H,4-5H2,1-3H3. The monoisotopic (exact) mass is 248 g/mol. The summed E-state index contributed by atoms with van der Waals surface area (Å²) in [5, 5.41) is 22.5. The lowest BCUT2D eigenvalue weighted by Crippen LogP contribution is -2.39. The van der Waals surface area contributed by atoms with E-state index in [9.17, 15) is 4.79 Å². The number of carboxylic acids is 1. The lowest BCUT2D eigenvalue weighted by Gasteiger charge is -2.19. The molecule has 0 aliphatic carbocycles. The predicted molar refractivity (Wildman–Crippen MR) is 70.2 cm³/mol. The third kappa shape index (κ3) is 25.5. The number of hydrogen-bond acceptors (Lipinski definition) is 4. The largest absolute Gasteiger partial charge is 0.480 e. The number of hydrogen-bond donors (Lipinski definition) is 4. The van der Waals surface area contributed by atoms with Crippen LogP contribution in [0.5, 0.6) is 0 Å². The molecular weight excluding hydrogens is 220 g/mol. The highest BCUT2D eigenvalue weighted by atomic mass is 16.4. The summed E-state index contributed by atoms with van der Waals surface area (Å²) in [5.74, 6) is -0.815. The Morgan fingerprint density at radius 2 is 1.41 bits per heavy atom. The zero-order valence-electron chi connectivity index (χ0n) is 11.9. The van der Waals surface area contributed by atoms with E-state index in [0.717, 1.165) is 0 Å². The quantitative estimate of drug-likeness (QED) is 0.592. The van der Waals surface area contributed by atoms with Crippen molar-refractivity contribution in [3.05, 3.63) is 0 Å². The van der Waals surface area contributed by atoms with Crippen molar-refractivity contribution in [2.75, 3.05) is 19.7 Å². The molecule has 0 radical (unpaired) electrons. The molecule has 0 spiro atoms. The maximum atomic E-state index is 9.98. The molecule has 0 heterocycles. The molecule has 0 aromatic rings. The molecule has 0 amide bonds. The van der Waals surface area contributed by atoms with Crippen molar-refractivity contribution in [1.29, 1.82) is 0 Å². The Kier molecular flexibility index (Phi) is 9.29. The number of aliphatic hydroxyl groups excluding tert-OH is 1. The molecule has 0 saturated carbocycles. The average molecular weight is 248 g/mol. The molecule has 0 aromatic carbocycles. The summed E-state index contributed by atoms with van der Waals surface area (Å²) >= 11 is 0. The van der Waals surface area contributed by atoms with E-state index in [1.165, 1.54) is 0 Å². The minimum atomic E-state index is -0.815. The lowest BCUT2D eigenvalue weighted by molar-refractivity contribution is -0.136. The van der Waals surface area contributed by atoms with E-state index in [0.29, 0.717) is 6.54 Å². The average Bonchev–Trinajstić information content (AvgIpc) is 2.10. The van der Waals surface area contributed by atoms with Crippen LogP contribution in [0.4, 0.5) is 0 Å². The molecule has 5 heteroatoms. The van der Waals surface area contributed by atoms with E-state index < -0.39 is 5.97 Å². The second kappa shape index (κ2) is 8.44. The van der Waals surface area contributed by atoms with E-state index >= 15 is 0 Å². The number of aliphatic hydroxyl groups is 1. The molecule has 0 aliphatic heterocycles. The minimum Gasteiger partial charge on any atom is -0.480 e. The van der Waals surface area contributed by atoms with Crippen molar-refractivity contribution in [2.24, 2.45) is 0 Å². The molecule has 0 saturated heterocycles. The summed E-state index contributed by atoms with van der Waals surface area (Å²) in [7, 11) is 0. The van der Waals surface area contributed by atoms with E-state index in [1.807, 2.05) is 20.8 Å². The van der Waals surface area contributed by atoms with Gasteiger partial charge in [-0.3, -0.25) is 4.79 Å². The highest BCUT2D eigenvalue weighted by molar-refractivity contribution is 5.69. The molecule has 0 bridgehead atoms. The van der Waals surface area contributed by atoms with Crippen molar-refractivity contribution >= 4 is 5.97 Å². The second-order valence-electron chi connectivity index (χ2n) is 5.90. The van der Waals surface area contributed by atoms with Crippen LogP contribution in [0.25, 0.3) is 0 Å². The Bertz CT molecular complexity index is 205. The highest BCUT2D eigenvalue weighted by Crippen LogP contribution is 1.96. The summed E-state index contributed by atoms with van der Waals surface area (Å²) in [6.45, 7) is 12.9. The second-order valence-corrected chi connectivity index (χ2v) is 5.90. The summed E-state index contributed by atoms with van der Waals surface area (Å²) in [6, 6.07) is 0. The van der Waals surface area contributed by atoms with Gasteiger partial charge in [-0.2, -0.15) is 0 Å². The number of aliphatic carboxylic acids is 1. The lowest BCUT2D eigenvalue weighted by atomic mass is 10.1. The van der Waals surface area contributed by atoms with Crippen LogP contribution in [-0.4, -0.2) is 47.0 Å². The topological polar surface area (TPSA) is 81.6 Å².